The maximum atomic E-state index is 12.2. The molecule has 3 N–H and O–H groups in total. The average molecular weight is 931 g/mol. The lowest BCUT2D eigenvalue weighted by molar-refractivity contribution is -0.158. The molecule has 63 heavy (non-hydrogen) atoms. The Balaban J connectivity index is 0.000000147. The smallest absolute Gasteiger partial charge is 0.306 e. The largest absolute Gasteiger partial charge is 0.460 e. The minimum atomic E-state index is -0.398. The van der Waals surface area contributed by atoms with E-state index in [-0.39, 0.29) is 28.5 Å². The summed E-state index contributed by atoms with van der Waals surface area (Å²) in [7, 11) is 0. The molecule has 9 rings (SSSR count). The summed E-state index contributed by atoms with van der Waals surface area (Å²) in [6.07, 6.45) is 13.5. The fourth-order valence-electron chi connectivity index (χ4n) is 10.6. The third kappa shape index (κ3) is 14.6. The summed E-state index contributed by atoms with van der Waals surface area (Å²) in [6.45, 7) is 17.9. The zero-order valence-electron chi connectivity index (χ0n) is 37.8. The SMILES string of the molecule is CC(C)(C)OC(=O)CC1[C@@H]2CC[C@H]1CN(c1ccnc(Cl)c1)C2.CC(C)(C)OC(=O)CC1[C@@H]2CC[C@H]1CNC2.Fc1ccnc(Cl)c1.NC1[C@@H]2CC[C@H]1CN(c1ccnc(Cl)c1)C2. The van der Waals surface area contributed by atoms with Gasteiger partial charge in [0.25, 0.3) is 0 Å². The normalized spacial score (nSPS) is 28.1. The molecule has 346 valence electrons. The minimum absolute atomic E-state index is 0.0173. The molecule has 0 spiro atoms. The van der Waals surface area contributed by atoms with E-state index in [2.05, 4.69) is 30.1 Å². The molecule has 0 radical (unpaired) electrons. The zero-order chi connectivity index (χ0) is 45.5. The molecule has 3 saturated carbocycles. The van der Waals surface area contributed by atoms with Crippen LogP contribution in [-0.4, -0.2) is 83.4 Å². The van der Waals surface area contributed by atoms with Crippen LogP contribution in [0.2, 0.25) is 15.5 Å². The first kappa shape index (κ1) is 49.2. The highest BCUT2D eigenvalue weighted by atomic mass is 35.5. The van der Waals surface area contributed by atoms with Crippen molar-refractivity contribution >= 4 is 58.1 Å². The monoisotopic (exact) mass is 929 g/mol. The summed E-state index contributed by atoms with van der Waals surface area (Å²) in [5.41, 5.74) is 7.77. The van der Waals surface area contributed by atoms with Gasteiger partial charge >= 0.3 is 11.9 Å². The molecule has 9 atom stereocenters. The van der Waals surface area contributed by atoms with Crippen molar-refractivity contribution in [2.45, 2.75) is 110 Å². The second-order valence-electron chi connectivity index (χ2n) is 20.2. The number of rotatable bonds is 6. The highest BCUT2D eigenvalue weighted by molar-refractivity contribution is 6.30. The van der Waals surface area contributed by atoms with Gasteiger partial charge in [-0.15, -0.1) is 0 Å². The molecule has 15 heteroatoms. The topological polar surface area (TPSA) is 136 Å². The number of carbonyl (C=O) groups excluding carboxylic acids is 2. The average Bonchev–Trinajstić information content (AvgIpc) is 3.61. The Morgan fingerprint density at radius 1 is 0.635 bits per heavy atom. The Morgan fingerprint density at radius 2 is 1.00 bits per heavy atom. The molecule has 3 unspecified atom stereocenters. The molecule has 11 nitrogen and oxygen atoms in total. The number of carbonyl (C=O) groups is 2. The van der Waals surface area contributed by atoms with Crippen molar-refractivity contribution in [3.05, 3.63) is 76.3 Å². The molecule has 3 aliphatic heterocycles. The third-order valence-electron chi connectivity index (χ3n) is 13.4. The zero-order valence-corrected chi connectivity index (χ0v) is 40.0. The van der Waals surface area contributed by atoms with E-state index in [1.54, 1.807) is 12.4 Å². The number of anilines is 2. The first-order valence-electron chi connectivity index (χ1n) is 22.7. The predicted octanol–water partition coefficient (Wildman–Crippen LogP) is 9.68. The Kier molecular flexibility index (Phi) is 17.0. The van der Waals surface area contributed by atoms with Crippen LogP contribution in [-0.2, 0) is 19.1 Å². The number of esters is 2. The van der Waals surface area contributed by atoms with Crippen molar-refractivity contribution in [1.29, 1.82) is 0 Å². The van der Waals surface area contributed by atoms with Crippen LogP contribution in [0.25, 0.3) is 0 Å². The van der Waals surface area contributed by atoms with Gasteiger partial charge in [0.1, 0.15) is 32.5 Å². The van der Waals surface area contributed by atoms with Crippen LogP contribution in [0.1, 0.15) is 92.9 Å². The van der Waals surface area contributed by atoms with Crippen LogP contribution in [0.15, 0.2) is 55.0 Å². The summed E-state index contributed by atoms with van der Waals surface area (Å²) in [4.78, 5) is 40.4. The molecule has 3 aromatic rings. The van der Waals surface area contributed by atoms with Crippen molar-refractivity contribution in [1.82, 2.24) is 20.3 Å². The van der Waals surface area contributed by atoms with Gasteiger partial charge in [-0.25, -0.2) is 19.3 Å². The van der Waals surface area contributed by atoms with Gasteiger partial charge in [-0.05, 0) is 171 Å². The van der Waals surface area contributed by atoms with E-state index in [9.17, 15) is 14.0 Å². The molecule has 0 aromatic carbocycles. The van der Waals surface area contributed by atoms with Crippen LogP contribution in [0.4, 0.5) is 15.8 Å². The van der Waals surface area contributed by atoms with Crippen LogP contribution in [0.3, 0.4) is 0 Å². The predicted molar refractivity (Wildman–Crippen MR) is 250 cm³/mol. The van der Waals surface area contributed by atoms with E-state index in [1.165, 1.54) is 56.5 Å². The van der Waals surface area contributed by atoms with Crippen molar-refractivity contribution < 1.29 is 23.5 Å². The van der Waals surface area contributed by atoms with E-state index < -0.39 is 5.60 Å². The molecule has 3 saturated heterocycles. The third-order valence-corrected chi connectivity index (χ3v) is 14.0. The van der Waals surface area contributed by atoms with Crippen LogP contribution in [0, 0.1) is 53.2 Å². The van der Waals surface area contributed by atoms with Crippen LogP contribution in [0.5, 0.6) is 0 Å². The summed E-state index contributed by atoms with van der Waals surface area (Å²) >= 11 is 17.2. The Bertz CT molecular complexity index is 1920. The first-order chi connectivity index (χ1) is 29.8. The molecular weight excluding hydrogens is 864 g/mol. The number of hydrogen-bond donors (Lipinski definition) is 2. The van der Waals surface area contributed by atoms with Crippen molar-refractivity contribution in [3.8, 4) is 0 Å². The molecular formula is C48H67Cl3FN7O4. The molecule has 6 aliphatic rings. The van der Waals surface area contributed by atoms with Crippen molar-refractivity contribution in [3.63, 3.8) is 0 Å². The minimum Gasteiger partial charge on any atom is -0.460 e. The fraction of sp³-hybridized carbons (Fsp3) is 0.646. The number of nitrogens with zero attached hydrogens (tertiary/aromatic N) is 5. The van der Waals surface area contributed by atoms with Gasteiger partial charge in [-0.1, -0.05) is 34.8 Å². The number of aromatic nitrogens is 3. The quantitative estimate of drug-likeness (QED) is 0.181. The maximum Gasteiger partial charge on any atom is 0.306 e. The maximum absolute atomic E-state index is 12.2. The Hall–Kier alpha value is -3.29. The molecule has 3 aromatic heterocycles. The van der Waals surface area contributed by atoms with E-state index in [0.717, 1.165) is 51.0 Å². The summed E-state index contributed by atoms with van der Waals surface area (Å²) in [6, 6.07) is 10.7. The van der Waals surface area contributed by atoms with Gasteiger partial charge in [-0.2, -0.15) is 0 Å². The number of hydrogen-bond acceptors (Lipinski definition) is 11. The number of ether oxygens (including phenoxy) is 2. The lowest BCUT2D eigenvalue weighted by Gasteiger charge is -2.39. The number of pyridine rings is 3. The highest BCUT2D eigenvalue weighted by Crippen LogP contribution is 2.45. The van der Waals surface area contributed by atoms with Gasteiger partial charge in [0.2, 0.25) is 0 Å². The number of halogens is 4. The van der Waals surface area contributed by atoms with Crippen molar-refractivity contribution in [2.75, 3.05) is 49.1 Å². The Morgan fingerprint density at radius 3 is 1.38 bits per heavy atom. The molecule has 6 fully saturated rings. The standard InChI is InChI=1S/C18H25ClN2O2.C13H23NO2.C12H16ClN3.C5H3ClFN/c1-18(2,3)23-17(22)9-15-12-4-5-13(15)11-21(10-12)14-6-7-20-16(19)8-14;1-13(2,3)16-12(15)6-11-9-4-5-10(11)8-14-7-9;13-11-5-10(3-4-15-11)16-6-8-1-2-9(7-16)12(8)14;6-5-3-4(7)1-2-8-5/h6-8,12-13,15H,4-5,9-11H2,1-3H3;9-11,14H,4-8H2,1-3H3;3-5,8-9,12H,1-2,6-7,14H2;1-3H/t12-,13+,15?;9-,10+,11?;8-,9+,12?;. The summed E-state index contributed by atoms with van der Waals surface area (Å²) < 4.78 is 23.0. The first-order valence-corrected chi connectivity index (χ1v) is 23.8. The van der Waals surface area contributed by atoms with E-state index in [0.29, 0.717) is 76.5 Å². The second-order valence-corrected chi connectivity index (χ2v) is 21.4. The van der Waals surface area contributed by atoms with Crippen LogP contribution < -0.4 is 20.9 Å². The van der Waals surface area contributed by atoms with Gasteiger partial charge < -0.3 is 30.3 Å². The Labute approximate surface area is 388 Å². The molecule has 0 amide bonds. The number of fused-ring (bicyclic) bond motifs is 6. The van der Waals surface area contributed by atoms with Gasteiger partial charge in [0.05, 0.1) is 0 Å². The van der Waals surface area contributed by atoms with Gasteiger partial charge in [-0.3, -0.25) is 9.59 Å². The van der Waals surface area contributed by atoms with Crippen molar-refractivity contribution in [2.24, 2.45) is 53.1 Å². The number of piperidine rings is 3. The van der Waals surface area contributed by atoms with Crippen LogP contribution >= 0.6 is 34.8 Å². The van der Waals surface area contributed by atoms with E-state index in [4.69, 9.17) is 50.0 Å². The molecule has 3 aliphatic carbocycles. The number of nitrogens with two attached hydrogens (primary N) is 1. The highest BCUT2D eigenvalue weighted by Gasteiger charge is 2.44. The molecule has 6 bridgehead atoms. The molecule has 6 heterocycles. The second kappa shape index (κ2) is 21.8. The fourth-order valence-corrected chi connectivity index (χ4v) is 11.1. The lowest BCUT2D eigenvalue weighted by Crippen LogP contribution is -2.48. The number of nitrogens with one attached hydrogen (secondary N) is 1. The van der Waals surface area contributed by atoms with E-state index in [1.807, 2.05) is 65.8 Å². The van der Waals surface area contributed by atoms with Gasteiger partial charge in [0.15, 0.2) is 0 Å². The summed E-state index contributed by atoms with van der Waals surface area (Å²) in [5.74, 6) is 4.44. The van der Waals surface area contributed by atoms with E-state index >= 15 is 0 Å². The lowest BCUT2D eigenvalue weighted by atomic mass is 9.82. The summed E-state index contributed by atoms with van der Waals surface area (Å²) in [5, 5.41) is 4.73. The van der Waals surface area contributed by atoms with Gasteiger partial charge in [0, 0.05) is 81.1 Å².